The molecule has 2 unspecified atom stereocenters. The van der Waals surface area contributed by atoms with Crippen LogP contribution in [-0.4, -0.2) is 90.0 Å². The van der Waals surface area contributed by atoms with E-state index in [1.54, 1.807) is 6.92 Å². The fourth-order valence-corrected chi connectivity index (χ4v) is 2.89. The number of aldehydes is 2. The first-order valence-corrected chi connectivity index (χ1v) is 6.63. The molecule has 0 aromatic heterocycles. The van der Waals surface area contributed by atoms with Crippen molar-refractivity contribution in [2.75, 3.05) is 33.5 Å². The molecule has 0 N–H and O–H groups in total. The van der Waals surface area contributed by atoms with Gasteiger partial charge in [-0.2, -0.15) is 0 Å². The number of urea groups is 2. The first kappa shape index (κ1) is 15.2. The van der Waals surface area contributed by atoms with Crippen LogP contribution in [0, 0.1) is 0 Å². The fraction of sp³-hybridized carbons (Fsp3) is 0.667. The van der Waals surface area contributed by atoms with Crippen molar-refractivity contribution < 1.29 is 23.9 Å². The fourth-order valence-electron chi connectivity index (χ4n) is 2.89. The van der Waals surface area contributed by atoms with Gasteiger partial charge in [0.15, 0.2) is 12.3 Å². The molecule has 0 aromatic rings. The first-order valence-electron chi connectivity index (χ1n) is 6.63. The summed E-state index contributed by atoms with van der Waals surface area (Å²) in [6.07, 6.45) is -0.00883. The van der Waals surface area contributed by atoms with Crippen LogP contribution >= 0.6 is 0 Å². The van der Waals surface area contributed by atoms with E-state index in [2.05, 4.69) is 0 Å². The van der Waals surface area contributed by atoms with Gasteiger partial charge in [0.1, 0.15) is 19.3 Å². The number of hydrogen-bond acceptors (Lipinski definition) is 5. The predicted molar refractivity (Wildman–Crippen MR) is 70.0 cm³/mol. The zero-order valence-corrected chi connectivity index (χ0v) is 12.0. The van der Waals surface area contributed by atoms with Gasteiger partial charge in [0.2, 0.25) is 0 Å². The molecule has 0 aromatic carbocycles. The SMILES string of the molecule is CCN1C(=O)N(CC=O)C2C1N(COC)C(=O)N2CC=O. The van der Waals surface area contributed by atoms with Gasteiger partial charge in [0.25, 0.3) is 0 Å². The van der Waals surface area contributed by atoms with E-state index < -0.39 is 12.3 Å². The molecule has 4 amide bonds. The van der Waals surface area contributed by atoms with Crippen LogP contribution in [0.25, 0.3) is 0 Å². The van der Waals surface area contributed by atoms with Crippen LogP contribution in [0.4, 0.5) is 9.59 Å². The predicted octanol–water partition coefficient (Wildman–Crippen LogP) is -0.865. The average Bonchev–Trinajstić information content (AvgIpc) is 2.88. The maximum Gasteiger partial charge on any atom is 0.325 e. The molecule has 2 saturated heterocycles. The molecule has 116 valence electrons. The van der Waals surface area contributed by atoms with Gasteiger partial charge in [-0.05, 0) is 6.92 Å². The van der Waals surface area contributed by atoms with Crippen molar-refractivity contribution in [1.29, 1.82) is 0 Å². The third kappa shape index (κ3) is 2.23. The molecule has 2 rings (SSSR count). The molecule has 9 heteroatoms. The van der Waals surface area contributed by atoms with Crippen LogP contribution < -0.4 is 0 Å². The van der Waals surface area contributed by atoms with E-state index in [0.717, 1.165) is 0 Å². The lowest BCUT2D eigenvalue weighted by atomic mass is 10.3. The summed E-state index contributed by atoms with van der Waals surface area (Å²) in [5, 5.41) is 0. The van der Waals surface area contributed by atoms with Gasteiger partial charge in [0.05, 0.1) is 13.1 Å². The summed E-state index contributed by atoms with van der Waals surface area (Å²) in [5.74, 6) is 0. The Kier molecular flexibility index (Phi) is 4.41. The Morgan fingerprint density at radius 3 is 1.86 bits per heavy atom. The normalized spacial score (nSPS) is 24.9. The first-order chi connectivity index (χ1) is 10.1. The zero-order chi connectivity index (χ0) is 15.6. The van der Waals surface area contributed by atoms with Crippen molar-refractivity contribution >= 4 is 24.6 Å². The standard InChI is InChI=1S/C12H18N4O5/c1-3-13-9-10(14(4-6-17)11(13)19)15(5-7-18)12(20)16(9)8-21-2/h6-7,9-10H,3-5,8H2,1-2H3. The highest BCUT2D eigenvalue weighted by atomic mass is 16.5. The van der Waals surface area contributed by atoms with Gasteiger partial charge >= 0.3 is 12.1 Å². The van der Waals surface area contributed by atoms with Gasteiger partial charge < -0.3 is 19.2 Å². The van der Waals surface area contributed by atoms with E-state index in [1.807, 2.05) is 0 Å². The second kappa shape index (κ2) is 6.08. The largest absolute Gasteiger partial charge is 0.364 e. The summed E-state index contributed by atoms with van der Waals surface area (Å²) in [6.45, 7) is 1.92. The number of amides is 4. The third-order valence-corrected chi connectivity index (χ3v) is 3.68. The van der Waals surface area contributed by atoms with Crippen LogP contribution in [0.3, 0.4) is 0 Å². The molecule has 0 radical (unpaired) electrons. The van der Waals surface area contributed by atoms with Crippen LogP contribution in [0.5, 0.6) is 0 Å². The molecule has 9 nitrogen and oxygen atoms in total. The summed E-state index contributed by atoms with van der Waals surface area (Å²) in [7, 11) is 1.45. The molecule has 2 aliphatic rings. The molecule has 2 atom stereocenters. The Balaban J connectivity index is 2.41. The molecule has 2 fully saturated rings. The number of likely N-dealkylation sites (N-methyl/N-ethyl adjacent to an activating group) is 1. The van der Waals surface area contributed by atoms with Crippen molar-refractivity contribution in [3.8, 4) is 0 Å². The highest BCUT2D eigenvalue weighted by Gasteiger charge is 2.58. The van der Waals surface area contributed by atoms with Gasteiger partial charge in [-0.25, -0.2) is 9.59 Å². The molecular formula is C12H18N4O5. The van der Waals surface area contributed by atoms with Crippen LogP contribution in [0.15, 0.2) is 0 Å². The summed E-state index contributed by atoms with van der Waals surface area (Å²) < 4.78 is 5.02. The number of hydrogen-bond donors (Lipinski definition) is 0. The van der Waals surface area contributed by atoms with Gasteiger partial charge in [-0.15, -0.1) is 0 Å². The summed E-state index contributed by atoms with van der Waals surface area (Å²) in [5.41, 5.74) is 0. The summed E-state index contributed by atoms with van der Waals surface area (Å²) in [6, 6.07) is -0.718. The number of fused-ring (bicyclic) bond motifs is 1. The average molecular weight is 298 g/mol. The second-order valence-electron chi connectivity index (χ2n) is 4.70. The number of rotatable bonds is 7. The lowest BCUT2D eigenvalue weighted by Crippen LogP contribution is -2.47. The molecule has 0 spiro atoms. The quantitative estimate of drug-likeness (QED) is 0.570. The molecule has 2 heterocycles. The number of carbonyl (C=O) groups excluding carboxylic acids is 4. The Labute approximate surface area is 122 Å². The summed E-state index contributed by atoms with van der Waals surface area (Å²) in [4.78, 5) is 51.8. The van der Waals surface area contributed by atoms with Gasteiger partial charge in [0, 0.05) is 13.7 Å². The summed E-state index contributed by atoms with van der Waals surface area (Å²) >= 11 is 0. The van der Waals surface area contributed by atoms with Crippen molar-refractivity contribution in [2.45, 2.75) is 19.3 Å². The minimum atomic E-state index is -0.657. The van der Waals surface area contributed by atoms with Crippen LogP contribution in [0.2, 0.25) is 0 Å². The molecule has 0 aliphatic carbocycles. The molecule has 21 heavy (non-hydrogen) atoms. The van der Waals surface area contributed by atoms with Crippen LogP contribution in [0.1, 0.15) is 6.92 Å². The Morgan fingerprint density at radius 1 is 0.952 bits per heavy atom. The van der Waals surface area contributed by atoms with Crippen molar-refractivity contribution in [2.24, 2.45) is 0 Å². The maximum atomic E-state index is 12.4. The second-order valence-corrected chi connectivity index (χ2v) is 4.70. The van der Waals surface area contributed by atoms with E-state index in [0.29, 0.717) is 19.1 Å². The monoisotopic (exact) mass is 298 g/mol. The van der Waals surface area contributed by atoms with E-state index in [1.165, 1.54) is 26.7 Å². The number of ether oxygens (including phenoxy) is 1. The van der Waals surface area contributed by atoms with E-state index in [9.17, 15) is 19.2 Å². The van der Waals surface area contributed by atoms with Gasteiger partial charge in [-0.1, -0.05) is 0 Å². The highest BCUT2D eigenvalue weighted by molar-refractivity contribution is 5.87. The lowest BCUT2D eigenvalue weighted by molar-refractivity contribution is -0.109. The van der Waals surface area contributed by atoms with Gasteiger partial charge in [-0.3, -0.25) is 14.7 Å². The number of carbonyl (C=O) groups is 4. The van der Waals surface area contributed by atoms with Crippen molar-refractivity contribution in [3.63, 3.8) is 0 Å². The van der Waals surface area contributed by atoms with E-state index in [-0.39, 0.29) is 31.9 Å². The lowest BCUT2D eigenvalue weighted by Gasteiger charge is -2.27. The van der Waals surface area contributed by atoms with Crippen LogP contribution in [-0.2, 0) is 14.3 Å². The third-order valence-electron chi connectivity index (χ3n) is 3.68. The van der Waals surface area contributed by atoms with Crippen molar-refractivity contribution in [3.05, 3.63) is 0 Å². The Hall–Kier alpha value is -2.16. The molecular weight excluding hydrogens is 280 g/mol. The molecule has 0 saturated carbocycles. The zero-order valence-electron chi connectivity index (χ0n) is 12.0. The highest BCUT2D eigenvalue weighted by Crippen LogP contribution is 2.34. The topological polar surface area (TPSA) is 90.5 Å². The van der Waals surface area contributed by atoms with E-state index >= 15 is 0 Å². The molecule has 2 aliphatic heterocycles. The minimum absolute atomic E-state index is 0.00800. The number of nitrogens with zero attached hydrogens (tertiary/aromatic N) is 4. The Morgan fingerprint density at radius 2 is 1.43 bits per heavy atom. The molecule has 0 bridgehead atoms. The smallest absolute Gasteiger partial charge is 0.325 e. The maximum absolute atomic E-state index is 12.4. The van der Waals surface area contributed by atoms with E-state index in [4.69, 9.17) is 4.74 Å². The number of methoxy groups -OCH3 is 1. The van der Waals surface area contributed by atoms with Crippen molar-refractivity contribution in [1.82, 2.24) is 19.6 Å². The minimum Gasteiger partial charge on any atom is -0.364 e. The Bertz CT molecular complexity index is 457.